The fourth-order valence-corrected chi connectivity index (χ4v) is 2.35. The maximum Gasteiger partial charge on any atom is 0.433 e. The second kappa shape index (κ2) is 4.80. The summed E-state index contributed by atoms with van der Waals surface area (Å²) in [5.74, 6) is 0. The molecule has 3 nitrogen and oxygen atoms in total. The topological polar surface area (TPSA) is 48.6 Å². The van der Waals surface area contributed by atoms with Crippen LogP contribution in [0.5, 0.6) is 0 Å². The number of benzene rings is 2. The number of fused-ring (bicyclic) bond motifs is 1. The third-order valence-electron chi connectivity index (χ3n) is 3.36. The molecule has 0 aliphatic carbocycles. The van der Waals surface area contributed by atoms with Crippen molar-refractivity contribution in [3.63, 3.8) is 0 Å². The molecule has 21 heavy (non-hydrogen) atoms. The van der Waals surface area contributed by atoms with Crippen LogP contribution in [0.1, 0.15) is 16.8 Å². The molecule has 2 N–H and O–H groups in total. The van der Waals surface area contributed by atoms with Gasteiger partial charge in [-0.3, -0.25) is 15.0 Å². The van der Waals surface area contributed by atoms with E-state index in [1.165, 1.54) is 0 Å². The van der Waals surface area contributed by atoms with Crippen molar-refractivity contribution in [2.75, 3.05) is 0 Å². The quantitative estimate of drug-likeness (QED) is 0.746. The summed E-state index contributed by atoms with van der Waals surface area (Å²) in [7, 11) is 0. The standard InChI is InChI=1S/C15H11F3N2O/c16-15(17,18)13-12(14(21)20-19-13)8-9-5-6-10-3-1-2-4-11(10)7-9/h1-7H,8H2,(H2,19,20,21). The monoisotopic (exact) mass is 292 g/mol. The Kier molecular flexibility index (Phi) is 3.08. The Morgan fingerprint density at radius 2 is 1.67 bits per heavy atom. The van der Waals surface area contributed by atoms with Crippen LogP contribution >= 0.6 is 0 Å². The van der Waals surface area contributed by atoms with Crippen molar-refractivity contribution in [2.24, 2.45) is 0 Å². The summed E-state index contributed by atoms with van der Waals surface area (Å²) in [6.45, 7) is 0. The zero-order valence-corrected chi connectivity index (χ0v) is 10.8. The van der Waals surface area contributed by atoms with Gasteiger partial charge in [-0.25, -0.2) is 0 Å². The molecule has 0 fully saturated rings. The van der Waals surface area contributed by atoms with E-state index < -0.39 is 17.4 Å². The Bertz CT molecular complexity index is 846. The van der Waals surface area contributed by atoms with E-state index in [0.717, 1.165) is 10.8 Å². The van der Waals surface area contributed by atoms with Crippen molar-refractivity contribution >= 4 is 10.8 Å². The molecule has 0 aliphatic heterocycles. The first-order chi connectivity index (χ1) is 9.95. The van der Waals surface area contributed by atoms with Gasteiger partial charge in [0.15, 0.2) is 0 Å². The molecule has 0 bridgehead atoms. The van der Waals surface area contributed by atoms with Gasteiger partial charge in [0.1, 0.15) is 5.69 Å². The molecule has 1 heterocycles. The molecular weight excluding hydrogens is 281 g/mol. The number of aromatic amines is 2. The third-order valence-corrected chi connectivity index (χ3v) is 3.36. The van der Waals surface area contributed by atoms with Crippen LogP contribution in [0.25, 0.3) is 10.8 Å². The average Bonchev–Trinajstić information content (AvgIpc) is 2.80. The SMILES string of the molecule is O=c1[nH][nH]c(C(F)(F)F)c1Cc1ccc2ccccc2c1. The summed E-state index contributed by atoms with van der Waals surface area (Å²) >= 11 is 0. The molecule has 0 spiro atoms. The van der Waals surface area contributed by atoms with Gasteiger partial charge in [-0.2, -0.15) is 13.2 Å². The van der Waals surface area contributed by atoms with Gasteiger partial charge < -0.3 is 0 Å². The Morgan fingerprint density at radius 1 is 0.952 bits per heavy atom. The summed E-state index contributed by atoms with van der Waals surface area (Å²) in [6, 6.07) is 12.9. The predicted molar refractivity (Wildman–Crippen MR) is 73.2 cm³/mol. The maximum atomic E-state index is 12.8. The zero-order valence-electron chi connectivity index (χ0n) is 10.8. The fourth-order valence-electron chi connectivity index (χ4n) is 2.35. The number of rotatable bonds is 2. The van der Waals surface area contributed by atoms with Gasteiger partial charge in [0.25, 0.3) is 5.56 Å². The minimum absolute atomic E-state index is 0.0709. The van der Waals surface area contributed by atoms with Crippen LogP contribution in [-0.4, -0.2) is 10.2 Å². The predicted octanol–water partition coefficient (Wildman–Crippen LogP) is 3.47. The normalized spacial score (nSPS) is 12.0. The van der Waals surface area contributed by atoms with Crippen molar-refractivity contribution in [1.82, 2.24) is 10.2 Å². The fraction of sp³-hybridized carbons (Fsp3) is 0.133. The summed E-state index contributed by atoms with van der Waals surface area (Å²) in [6.07, 6.45) is -4.65. The number of hydrogen-bond acceptors (Lipinski definition) is 1. The minimum atomic E-state index is -4.58. The lowest BCUT2D eigenvalue weighted by atomic mass is 10.0. The van der Waals surface area contributed by atoms with E-state index >= 15 is 0 Å². The number of alkyl halides is 3. The summed E-state index contributed by atoms with van der Waals surface area (Å²) in [5.41, 5.74) is -1.39. The highest BCUT2D eigenvalue weighted by atomic mass is 19.4. The highest BCUT2D eigenvalue weighted by molar-refractivity contribution is 5.83. The minimum Gasteiger partial charge on any atom is -0.293 e. The lowest BCUT2D eigenvalue weighted by Gasteiger charge is -2.07. The first-order valence-corrected chi connectivity index (χ1v) is 6.29. The van der Waals surface area contributed by atoms with E-state index in [2.05, 4.69) is 0 Å². The molecule has 0 aliphatic rings. The highest BCUT2D eigenvalue weighted by Crippen LogP contribution is 2.30. The number of hydrogen-bond donors (Lipinski definition) is 2. The number of aromatic nitrogens is 2. The zero-order chi connectivity index (χ0) is 15.0. The van der Waals surface area contributed by atoms with Crippen LogP contribution in [0.2, 0.25) is 0 Å². The van der Waals surface area contributed by atoms with E-state index in [1.807, 2.05) is 40.5 Å². The molecule has 1 aromatic heterocycles. The molecule has 6 heteroatoms. The van der Waals surface area contributed by atoms with Crippen LogP contribution in [0.4, 0.5) is 13.2 Å². The van der Waals surface area contributed by atoms with E-state index in [1.54, 1.807) is 12.1 Å². The highest BCUT2D eigenvalue weighted by Gasteiger charge is 2.36. The van der Waals surface area contributed by atoms with Crippen LogP contribution in [0, 0.1) is 0 Å². The van der Waals surface area contributed by atoms with Crippen molar-refractivity contribution in [3.8, 4) is 0 Å². The van der Waals surface area contributed by atoms with Crippen LogP contribution in [-0.2, 0) is 12.6 Å². The molecule has 3 aromatic rings. The van der Waals surface area contributed by atoms with E-state index in [4.69, 9.17) is 0 Å². The van der Waals surface area contributed by atoms with Gasteiger partial charge in [-0.05, 0) is 16.3 Å². The number of halogens is 3. The molecule has 0 saturated heterocycles. The van der Waals surface area contributed by atoms with Gasteiger partial charge >= 0.3 is 6.18 Å². The summed E-state index contributed by atoms with van der Waals surface area (Å²) in [4.78, 5) is 11.6. The molecule has 0 atom stereocenters. The van der Waals surface area contributed by atoms with Crippen molar-refractivity contribution < 1.29 is 13.2 Å². The molecule has 0 unspecified atom stereocenters. The molecule has 0 amide bonds. The lowest BCUT2D eigenvalue weighted by Crippen LogP contribution is -2.13. The van der Waals surface area contributed by atoms with Crippen molar-refractivity contribution in [2.45, 2.75) is 12.6 Å². The molecule has 3 rings (SSSR count). The molecule has 0 saturated carbocycles. The van der Waals surface area contributed by atoms with Crippen LogP contribution in [0.15, 0.2) is 47.3 Å². The first-order valence-electron chi connectivity index (χ1n) is 6.29. The Labute approximate surface area is 117 Å². The van der Waals surface area contributed by atoms with E-state index in [9.17, 15) is 18.0 Å². The Hall–Kier alpha value is -2.50. The molecule has 2 aromatic carbocycles. The number of H-pyrrole nitrogens is 2. The van der Waals surface area contributed by atoms with Crippen molar-refractivity contribution in [3.05, 3.63) is 69.6 Å². The van der Waals surface area contributed by atoms with Crippen LogP contribution < -0.4 is 5.56 Å². The summed E-state index contributed by atoms with van der Waals surface area (Å²) < 4.78 is 38.5. The maximum absolute atomic E-state index is 12.8. The van der Waals surface area contributed by atoms with Gasteiger partial charge in [0, 0.05) is 6.42 Å². The molecule has 0 radical (unpaired) electrons. The lowest BCUT2D eigenvalue weighted by molar-refractivity contribution is -0.141. The van der Waals surface area contributed by atoms with Crippen molar-refractivity contribution in [1.29, 1.82) is 0 Å². The van der Waals surface area contributed by atoms with Gasteiger partial charge in [-0.15, -0.1) is 0 Å². The Morgan fingerprint density at radius 3 is 2.38 bits per heavy atom. The average molecular weight is 292 g/mol. The number of nitrogens with one attached hydrogen (secondary N) is 2. The first kappa shape index (κ1) is 13.5. The van der Waals surface area contributed by atoms with Gasteiger partial charge in [0.2, 0.25) is 0 Å². The summed E-state index contributed by atoms with van der Waals surface area (Å²) in [5, 5.41) is 5.84. The molecule has 108 valence electrons. The Balaban J connectivity index is 2.03. The second-order valence-corrected chi connectivity index (χ2v) is 4.79. The van der Waals surface area contributed by atoms with Gasteiger partial charge in [0.05, 0.1) is 5.56 Å². The van der Waals surface area contributed by atoms with E-state index in [0.29, 0.717) is 5.56 Å². The van der Waals surface area contributed by atoms with E-state index in [-0.39, 0.29) is 12.0 Å². The van der Waals surface area contributed by atoms with Gasteiger partial charge in [-0.1, -0.05) is 42.5 Å². The third kappa shape index (κ3) is 2.56. The smallest absolute Gasteiger partial charge is 0.293 e. The largest absolute Gasteiger partial charge is 0.433 e. The second-order valence-electron chi connectivity index (χ2n) is 4.79. The van der Waals surface area contributed by atoms with Crippen LogP contribution in [0.3, 0.4) is 0 Å². The molecular formula is C15H11F3N2O.